The van der Waals surface area contributed by atoms with E-state index in [1.807, 2.05) is 0 Å². The fraction of sp³-hybridized carbons (Fsp3) is 0.714. The van der Waals surface area contributed by atoms with Crippen molar-refractivity contribution in [3.8, 4) is 0 Å². The molecule has 0 radical (unpaired) electrons. The molecule has 0 amide bonds. The van der Waals surface area contributed by atoms with Crippen molar-refractivity contribution in [2.75, 3.05) is 0 Å². The number of hydrogen-bond donors (Lipinski definition) is 0. The van der Waals surface area contributed by atoms with Gasteiger partial charge in [0, 0.05) is 5.41 Å². The summed E-state index contributed by atoms with van der Waals surface area (Å²) in [7, 11) is 0. The molecule has 0 bridgehead atoms. The minimum atomic E-state index is 0.320. The molecule has 0 aliphatic heterocycles. The molecule has 0 spiro atoms. The molecule has 114 valence electrons. The lowest BCUT2D eigenvalue weighted by Gasteiger charge is -2.58. The predicted octanol–water partition coefficient (Wildman–Crippen LogP) is 6.06. The van der Waals surface area contributed by atoms with E-state index in [9.17, 15) is 0 Å². The van der Waals surface area contributed by atoms with Crippen molar-refractivity contribution in [2.24, 2.45) is 28.6 Å². The smallest absolute Gasteiger partial charge is 0.0139 e. The van der Waals surface area contributed by atoms with Crippen LogP contribution in [0.15, 0.2) is 36.0 Å². The quantitative estimate of drug-likeness (QED) is 0.548. The van der Waals surface area contributed by atoms with Crippen LogP contribution in [-0.2, 0) is 0 Å². The summed E-state index contributed by atoms with van der Waals surface area (Å²) in [5.74, 6) is 2.83. The van der Waals surface area contributed by atoms with E-state index in [2.05, 4.69) is 38.7 Å². The van der Waals surface area contributed by atoms with Crippen LogP contribution in [0.4, 0.5) is 0 Å². The van der Waals surface area contributed by atoms with Gasteiger partial charge in [0.25, 0.3) is 0 Å². The topological polar surface area (TPSA) is 0 Å². The molecule has 0 heterocycles. The van der Waals surface area contributed by atoms with E-state index in [-0.39, 0.29) is 0 Å². The maximum atomic E-state index is 4.06. The molecule has 0 N–H and O–H groups in total. The first-order valence-corrected chi connectivity index (χ1v) is 9.15. The van der Waals surface area contributed by atoms with Crippen molar-refractivity contribution in [2.45, 2.75) is 65.2 Å². The SMILES string of the molecule is C=CC1=CC=C2[C@@H]3CCC4CCCC[C@]4(C)[C@H]3CC[C@]12C. The Morgan fingerprint density at radius 3 is 2.71 bits per heavy atom. The van der Waals surface area contributed by atoms with Gasteiger partial charge in [0.05, 0.1) is 0 Å². The van der Waals surface area contributed by atoms with Crippen molar-refractivity contribution < 1.29 is 0 Å². The largest absolute Gasteiger partial charge is 0.0988 e. The highest BCUT2D eigenvalue weighted by Crippen LogP contribution is 2.65. The lowest BCUT2D eigenvalue weighted by molar-refractivity contribution is -0.0476. The second-order valence-corrected chi connectivity index (χ2v) is 8.56. The summed E-state index contributed by atoms with van der Waals surface area (Å²) in [6.45, 7) is 9.18. The molecule has 0 aromatic heterocycles. The van der Waals surface area contributed by atoms with Crippen LogP contribution >= 0.6 is 0 Å². The molecule has 0 aromatic carbocycles. The van der Waals surface area contributed by atoms with Gasteiger partial charge in [-0.15, -0.1) is 0 Å². The van der Waals surface area contributed by atoms with Crippen LogP contribution in [0.2, 0.25) is 0 Å². The maximum Gasteiger partial charge on any atom is 0.0139 e. The lowest BCUT2D eigenvalue weighted by atomic mass is 9.46. The van der Waals surface area contributed by atoms with Gasteiger partial charge in [0.2, 0.25) is 0 Å². The fourth-order valence-corrected chi connectivity index (χ4v) is 6.61. The van der Waals surface area contributed by atoms with E-state index in [1.54, 1.807) is 5.57 Å². The van der Waals surface area contributed by atoms with E-state index in [4.69, 9.17) is 0 Å². The molecule has 1 unspecified atom stereocenters. The van der Waals surface area contributed by atoms with Crippen LogP contribution in [-0.4, -0.2) is 0 Å². The Morgan fingerprint density at radius 2 is 1.90 bits per heavy atom. The zero-order chi connectivity index (χ0) is 14.7. The normalized spacial score (nSPS) is 48.6. The Morgan fingerprint density at radius 1 is 1.05 bits per heavy atom. The van der Waals surface area contributed by atoms with Gasteiger partial charge in [0.1, 0.15) is 0 Å². The van der Waals surface area contributed by atoms with Gasteiger partial charge in [-0.05, 0) is 67.3 Å². The Hall–Kier alpha value is -0.780. The summed E-state index contributed by atoms with van der Waals surface area (Å²) in [6.07, 6.45) is 18.6. The highest BCUT2D eigenvalue weighted by atomic mass is 14.6. The molecule has 0 heteroatoms. The van der Waals surface area contributed by atoms with Crippen molar-refractivity contribution in [1.29, 1.82) is 0 Å². The number of allylic oxidation sites excluding steroid dienone is 5. The zero-order valence-electron chi connectivity index (χ0n) is 13.8. The first-order valence-electron chi connectivity index (χ1n) is 9.15. The summed E-state index contributed by atoms with van der Waals surface area (Å²) in [4.78, 5) is 0. The third-order valence-electron chi connectivity index (χ3n) is 7.90. The van der Waals surface area contributed by atoms with Crippen LogP contribution in [0.1, 0.15) is 65.2 Å². The molecule has 4 aliphatic rings. The maximum absolute atomic E-state index is 4.06. The minimum Gasteiger partial charge on any atom is -0.0988 e. The minimum absolute atomic E-state index is 0.320. The first-order chi connectivity index (χ1) is 10.1. The Balaban J connectivity index is 1.68. The second-order valence-electron chi connectivity index (χ2n) is 8.56. The van der Waals surface area contributed by atoms with Gasteiger partial charge in [-0.2, -0.15) is 0 Å². The van der Waals surface area contributed by atoms with E-state index in [0.29, 0.717) is 10.8 Å². The van der Waals surface area contributed by atoms with Gasteiger partial charge in [-0.3, -0.25) is 0 Å². The summed E-state index contributed by atoms with van der Waals surface area (Å²) < 4.78 is 0. The third-order valence-corrected chi connectivity index (χ3v) is 7.90. The molecule has 3 saturated carbocycles. The first kappa shape index (κ1) is 13.9. The summed E-state index contributed by atoms with van der Waals surface area (Å²) in [6, 6.07) is 0. The number of hydrogen-bond acceptors (Lipinski definition) is 0. The molecule has 21 heavy (non-hydrogen) atoms. The molecule has 5 atom stereocenters. The van der Waals surface area contributed by atoms with Crippen molar-refractivity contribution in [3.05, 3.63) is 36.0 Å². The van der Waals surface area contributed by atoms with Gasteiger partial charge < -0.3 is 0 Å². The highest BCUT2D eigenvalue weighted by Gasteiger charge is 2.55. The number of fused-ring (bicyclic) bond motifs is 5. The van der Waals surface area contributed by atoms with Crippen molar-refractivity contribution >= 4 is 0 Å². The molecule has 4 aliphatic carbocycles. The van der Waals surface area contributed by atoms with Gasteiger partial charge in [-0.25, -0.2) is 0 Å². The molecule has 4 rings (SSSR count). The van der Waals surface area contributed by atoms with Crippen molar-refractivity contribution in [1.82, 2.24) is 0 Å². The van der Waals surface area contributed by atoms with Gasteiger partial charge in [-0.1, -0.05) is 57.1 Å². The van der Waals surface area contributed by atoms with Crippen LogP contribution in [0.25, 0.3) is 0 Å². The van der Waals surface area contributed by atoms with Crippen LogP contribution in [0.5, 0.6) is 0 Å². The van der Waals surface area contributed by atoms with E-state index < -0.39 is 0 Å². The molecular weight excluding hydrogens is 252 g/mol. The molecule has 0 saturated heterocycles. The van der Waals surface area contributed by atoms with E-state index in [1.165, 1.54) is 56.9 Å². The second kappa shape index (κ2) is 4.61. The van der Waals surface area contributed by atoms with Crippen LogP contribution in [0, 0.1) is 28.6 Å². The fourth-order valence-electron chi connectivity index (χ4n) is 6.61. The van der Waals surface area contributed by atoms with Crippen LogP contribution < -0.4 is 0 Å². The summed E-state index contributed by atoms with van der Waals surface area (Å²) >= 11 is 0. The van der Waals surface area contributed by atoms with Crippen LogP contribution in [0.3, 0.4) is 0 Å². The Bertz CT molecular complexity index is 522. The highest BCUT2D eigenvalue weighted by molar-refractivity contribution is 5.47. The third kappa shape index (κ3) is 1.74. The average Bonchev–Trinajstić information content (AvgIpc) is 2.83. The van der Waals surface area contributed by atoms with Crippen molar-refractivity contribution in [3.63, 3.8) is 0 Å². The Labute approximate surface area is 130 Å². The molecule has 3 fully saturated rings. The van der Waals surface area contributed by atoms with Gasteiger partial charge >= 0.3 is 0 Å². The Kier molecular flexibility index (Phi) is 3.04. The monoisotopic (exact) mass is 282 g/mol. The number of rotatable bonds is 1. The predicted molar refractivity (Wildman–Crippen MR) is 90.0 cm³/mol. The van der Waals surface area contributed by atoms with Gasteiger partial charge in [0.15, 0.2) is 0 Å². The average molecular weight is 282 g/mol. The molecule has 0 nitrogen and oxygen atoms in total. The zero-order valence-corrected chi connectivity index (χ0v) is 13.8. The molecule has 0 aromatic rings. The molecular formula is C21H30. The standard InChI is InChI=1S/C21H30/c1-4-15-9-11-18-17-10-8-16-7-5-6-13-20(16,2)19(17)12-14-21(15,18)3/h4,9,11,16-17,19H,1,5-8,10,12-14H2,2-3H3/t16?,17-,19-,20-,21+/m0/s1. The lowest BCUT2D eigenvalue weighted by Crippen LogP contribution is -2.49. The summed E-state index contributed by atoms with van der Waals surface area (Å²) in [5, 5.41) is 0. The van der Waals surface area contributed by atoms with E-state index >= 15 is 0 Å². The van der Waals surface area contributed by atoms with E-state index in [0.717, 1.165) is 17.8 Å². The summed E-state index contributed by atoms with van der Waals surface area (Å²) in [5.41, 5.74) is 4.20.